The summed E-state index contributed by atoms with van der Waals surface area (Å²) >= 11 is 11.8. The molecule has 0 radical (unpaired) electrons. The van der Waals surface area contributed by atoms with Gasteiger partial charge in [-0.2, -0.15) is 0 Å². The van der Waals surface area contributed by atoms with E-state index in [2.05, 4.69) is 0 Å². The van der Waals surface area contributed by atoms with Crippen LogP contribution in [0, 0.1) is 0 Å². The fourth-order valence-electron chi connectivity index (χ4n) is 2.99. The monoisotopic (exact) mass is 474 g/mol. The highest BCUT2D eigenvalue weighted by Crippen LogP contribution is 2.38. The maximum Gasteiger partial charge on any atom is 0.343 e. The van der Waals surface area contributed by atoms with Gasteiger partial charge in [0.1, 0.15) is 22.5 Å². The third-order valence-corrected chi connectivity index (χ3v) is 5.24. The van der Waals surface area contributed by atoms with E-state index >= 15 is 0 Å². The first-order chi connectivity index (χ1) is 15.2. The van der Waals surface area contributed by atoms with Crippen LogP contribution < -0.4 is 10.2 Å². The van der Waals surface area contributed by atoms with Crippen LogP contribution in [0.5, 0.6) is 28.7 Å². The summed E-state index contributed by atoms with van der Waals surface area (Å²) in [6.45, 7) is 0. The number of hydrogen-bond acceptors (Lipinski definition) is 8. The molecule has 8 nitrogen and oxygen atoms in total. The molecule has 1 heterocycles. The Hall–Kier alpha value is -3.88. The lowest BCUT2D eigenvalue weighted by Gasteiger charge is -2.12. The van der Waals surface area contributed by atoms with Crippen LogP contribution in [0.3, 0.4) is 0 Å². The van der Waals surface area contributed by atoms with Gasteiger partial charge in [0, 0.05) is 17.7 Å². The molecule has 32 heavy (non-hydrogen) atoms. The van der Waals surface area contributed by atoms with Crippen LogP contribution in [0.25, 0.3) is 22.3 Å². The predicted molar refractivity (Wildman–Crippen MR) is 116 cm³/mol. The quantitative estimate of drug-likeness (QED) is 0.245. The second-order valence-corrected chi connectivity index (χ2v) is 7.46. The molecule has 162 valence electrons. The molecule has 0 bridgehead atoms. The van der Waals surface area contributed by atoms with E-state index in [4.69, 9.17) is 32.4 Å². The fraction of sp³-hybridized carbons (Fsp3) is 0. The number of carbonyl (C=O) groups excluding carboxylic acids is 1. The number of rotatable bonds is 3. The van der Waals surface area contributed by atoms with Crippen molar-refractivity contribution in [3.63, 3.8) is 0 Å². The molecule has 0 unspecified atom stereocenters. The predicted octanol–water partition coefficient (Wildman–Crippen LogP) is 4.81. The molecule has 0 atom stereocenters. The van der Waals surface area contributed by atoms with E-state index in [1.807, 2.05) is 0 Å². The zero-order chi connectivity index (χ0) is 23.2. The molecule has 3 aromatic carbocycles. The highest BCUT2D eigenvalue weighted by molar-refractivity contribution is 6.42. The number of phenols is 4. The maximum atomic E-state index is 13.2. The van der Waals surface area contributed by atoms with Crippen molar-refractivity contribution in [2.45, 2.75) is 0 Å². The molecule has 0 aliphatic rings. The van der Waals surface area contributed by atoms with Crippen molar-refractivity contribution in [1.82, 2.24) is 0 Å². The third-order valence-electron chi connectivity index (χ3n) is 4.51. The van der Waals surface area contributed by atoms with Crippen LogP contribution in [0.15, 0.2) is 57.7 Å². The van der Waals surface area contributed by atoms with Crippen LogP contribution >= 0.6 is 23.2 Å². The number of esters is 1. The van der Waals surface area contributed by atoms with Crippen molar-refractivity contribution in [2.75, 3.05) is 0 Å². The Morgan fingerprint density at radius 2 is 1.59 bits per heavy atom. The lowest BCUT2D eigenvalue weighted by molar-refractivity contribution is 0.0731. The van der Waals surface area contributed by atoms with Gasteiger partial charge >= 0.3 is 5.97 Å². The molecule has 0 spiro atoms. The van der Waals surface area contributed by atoms with Gasteiger partial charge in [-0.25, -0.2) is 4.79 Å². The van der Waals surface area contributed by atoms with Crippen molar-refractivity contribution in [1.29, 1.82) is 0 Å². The number of phenolic OH excluding ortho intramolecular Hbond substituents is 4. The molecule has 0 saturated carbocycles. The Kier molecular flexibility index (Phi) is 5.33. The second-order valence-electron chi connectivity index (χ2n) is 6.65. The molecule has 0 aliphatic carbocycles. The minimum absolute atomic E-state index is 0.0201. The van der Waals surface area contributed by atoms with Crippen LogP contribution in [0.4, 0.5) is 0 Å². The Morgan fingerprint density at radius 1 is 0.844 bits per heavy atom. The third kappa shape index (κ3) is 3.77. The van der Waals surface area contributed by atoms with E-state index < -0.39 is 34.4 Å². The summed E-state index contributed by atoms with van der Waals surface area (Å²) in [5.74, 6) is -3.79. The van der Waals surface area contributed by atoms with Gasteiger partial charge in [0.25, 0.3) is 0 Å². The summed E-state index contributed by atoms with van der Waals surface area (Å²) in [6.07, 6.45) is 0. The Labute approximate surface area is 189 Å². The maximum absolute atomic E-state index is 13.2. The average Bonchev–Trinajstić information content (AvgIpc) is 2.73. The molecule has 10 heteroatoms. The largest absolute Gasteiger partial charge is 0.508 e. The molecule has 4 aromatic rings. The molecule has 1 aromatic heterocycles. The van der Waals surface area contributed by atoms with Crippen LogP contribution in [-0.4, -0.2) is 26.4 Å². The SMILES string of the molecule is O=C(Oc1c(-c2ccc(O)c(O)c2)oc2cc(O)cc(O)c2c1=O)c1ccc(Cl)c(Cl)c1. The van der Waals surface area contributed by atoms with E-state index in [1.165, 1.54) is 24.3 Å². The zero-order valence-electron chi connectivity index (χ0n) is 15.8. The molecular weight excluding hydrogens is 463 g/mol. The Morgan fingerprint density at radius 3 is 2.28 bits per heavy atom. The molecular formula is C22H12Cl2O8. The van der Waals surface area contributed by atoms with Gasteiger partial charge in [-0.3, -0.25) is 4.79 Å². The summed E-state index contributed by atoms with van der Waals surface area (Å²) in [5, 5.41) is 39.3. The van der Waals surface area contributed by atoms with Crippen LogP contribution in [0.1, 0.15) is 10.4 Å². The van der Waals surface area contributed by atoms with Gasteiger partial charge in [0.05, 0.1) is 15.6 Å². The summed E-state index contributed by atoms with van der Waals surface area (Å²) in [6, 6.07) is 9.49. The van der Waals surface area contributed by atoms with Gasteiger partial charge in [-0.1, -0.05) is 23.2 Å². The summed E-state index contributed by atoms with van der Waals surface area (Å²) in [5.41, 5.74) is -1.07. The summed E-state index contributed by atoms with van der Waals surface area (Å²) in [4.78, 5) is 25.9. The standard InChI is InChI=1S/C22H12Cl2O8/c23-12-3-1-10(5-13(12)24)22(30)32-21-19(29)18-16(28)7-11(25)8-17(18)31-20(21)9-2-4-14(26)15(27)6-9/h1-8,25-28H. The topological polar surface area (TPSA) is 137 Å². The van der Waals surface area contributed by atoms with Gasteiger partial charge in [0.2, 0.25) is 11.2 Å². The summed E-state index contributed by atoms with van der Waals surface area (Å²) in [7, 11) is 0. The zero-order valence-corrected chi connectivity index (χ0v) is 17.3. The number of fused-ring (bicyclic) bond motifs is 1. The summed E-state index contributed by atoms with van der Waals surface area (Å²) < 4.78 is 11.0. The minimum Gasteiger partial charge on any atom is -0.508 e. The Bertz CT molecular complexity index is 1460. The van der Waals surface area contributed by atoms with Crippen molar-refractivity contribution in [3.05, 3.63) is 74.4 Å². The molecule has 4 N–H and O–H groups in total. The molecule has 0 aliphatic heterocycles. The van der Waals surface area contributed by atoms with E-state index in [0.717, 1.165) is 24.3 Å². The van der Waals surface area contributed by atoms with Gasteiger partial charge in [-0.15, -0.1) is 0 Å². The lowest BCUT2D eigenvalue weighted by atomic mass is 10.1. The first-order valence-electron chi connectivity index (χ1n) is 8.88. The van der Waals surface area contributed by atoms with Crippen LogP contribution in [0.2, 0.25) is 10.0 Å². The van der Waals surface area contributed by atoms with Crippen LogP contribution in [-0.2, 0) is 0 Å². The molecule has 0 amide bonds. The highest BCUT2D eigenvalue weighted by atomic mass is 35.5. The van der Waals surface area contributed by atoms with Crippen molar-refractivity contribution >= 4 is 40.1 Å². The lowest BCUT2D eigenvalue weighted by Crippen LogP contribution is -2.16. The first-order valence-corrected chi connectivity index (χ1v) is 9.63. The fourth-order valence-corrected chi connectivity index (χ4v) is 3.29. The number of ether oxygens (including phenoxy) is 1. The highest BCUT2D eigenvalue weighted by Gasteiger charge is 2.24. The second kappa shape index (κ2) is 7.99. The molecule has 0 fully saturated rings. The van der Waals surface area contributed by atoms with Crippen molar-refractivity contribution in [2.24, 2.45) is 0 Å². The average molecular weight is 475 g/mol. The van der Waals surface area contributed by atoms with Crippen molar-refractivity contribution < 1.29 is 34.4 Å². The van der Waals surface area contributed by atoms with Gasteiger partial charge in [0.15, 0.2) is 17.3 Å². The van der Waals surface area contributed by atoms with Gasteiger partial charge in [-0.05, 0) is 36.4 Å². The number of halogens is 2. The van der Waals surface area contributed by atoms with E-state index in [1.54, 1.807) is 0 Å². The number of benzene rings is 3. The Balaban J connectivity index is 1.95. The first kappa shape index (κ1) is 21.4. The number of hydrogen-bond donors (Lipinski definition) is 4. The normalized spacial score (nSPS) is 10.9. The minimum atomic E-state index is -0.974. The van der Waals surface area contributed by atoms with Crippen molar-refractivity contribution in [3.8, 4) is 40.1 Å². The van der Waals surface area contributed by atoms with E-state index in [-0.39, 0.29) is 43.7 Å². The number of aromatic hydroxyl groups is 4. The smallest absolute Gasteiger partial charge is 0.343 e. The van der Waals surface area contributed by atoms with E-state index in [0.29, 0.717) is 0 Å². The number of carbonyl (C=O) groups is 1. The molecule has 0 saturated heterocycles. The molecule has 4 rings (SSSR count). The van der Waals surface area contributed by atoms with Gasteiger partial charge < -0.3 is 29.6 Å². The van der Waals surface area contributed by atoms with E-state index in [9.17, 15) is 30.0 Å².